The molecule has 0 heterocycles. The Hall–Kier alpha value is -3.08. The van der Waals surface area contributed by atoms with Crippen molar-refractivity contribution in [3.63, 3.8) is 0 Å². The predicted octanol–water partition coefficient (Wildman–Crippen LogP) is 12.1. The third-order valence-electron chi connectivity index (χ3n) is 5.26. The number of benzene rings is 3. The van der Waals surface area contributed by atoms with E-state index in [-0.39, 0.29) is 82.1 Å². The summed E-state index contributed by atoms with van der Waals surface area (Å²) in [5.74, 6) is -9.10. The number of carbonyl (C=O) groups is 3. The van der Waals surface area contributed by atoms with Crippen molar-refractivity contribution >= 4 is 104 Å². The second-order valence-corrected chi connectivity index (χ2v) is 11.6. The minimum absolute atomic E-state index is 0. The molecular formula is C30H15Cl6F9FeO6. The van der Waals surface area contributed by atoms with Gasteiger partial charge in [-0.2, -0.15) is 39.5 Å². The average molecular weight is 911 g/mol. The van der Waals surface area contributed by atoms with Gasteiger partial charge in [-0.25, -0.2) is 0 Å². The van der Waals surface area contributed by atoms with Gasteiger partial charge in [-0.3, -0.25) is 14.4 Å². The van der Waals surface area contributed by atoms with Crippen LogP contribution in [0.3, 0.4) is 0 Å². The van der Waals surface area contributed by atoms with Crippen molar-refractivity contribution in [3.05, 3.63) is 120 Å². The normalized spacial score (nSPS) is 12.4. The summed E-state index contributed by atoms with van der Waals surface area (Å²) < 4.78 is 107. The predicted molar refractivity (Wildman–Crippen MR) is 174 cm³/mol. The zero-order chi connectivity index (χ0) is 39.6. The standard InChI is InChI=1S/3C10H5Cl2F3O2.Fe/c3*11-5-1-2-6(7(12)3-5)8(16)4-9(17)10(13,14)15;/h3*1-4,16H;. The van der Waals surface area contributed by atoms with Crippen LogP contribution in [-0.2, 0) is 31.5 Å². The maximum atomic E-state index is 11.9. The molecule has 0 unspecified atom stereocenters. The number of hydrogen-bond acceptors (Lipinski definition) is 6. The van der Waals surface area contributed by atoms with Crippen molar-refractivity contribution in [1.82, 2.24) is 0 Å². The fourth-order valence-electron chi connectivity index (χ4n) is 2.94. The number of aliphatic hydroxyl groups excluding tert-OH is 3. The van der Waals surface area contributed by atoms with Gasteiger partial charge in [0.15, 0.2) is 0 Å². The second-order valence-electron chi connectivity index (χ2n) is 9.05. The number of aliphatic hydroxyl groups is 3. The number of hydrogen-bond donors (Lipinski definition) is 3. The Morgan fingerprint density at radius 2 is 0.635 bits per heavy atom. The van der Waals surface area contributed by atoms with Gasteiger partial charge in [0.2, 0.25) is 0 Å². The first kappa shape index (κ1) is 48.9. The molecule has 6 nitrogen and oxygen atoms in total. The Balaban J connectivity index is 0.000000743. The number of allylic oxidation sites excluding steroid dienone is 3. The van der Waals surface area contributed by atoms with Crippen LogP contribution in [0.2, 0.25) is 30.1 Å². The molecule has 0 saturated carbocycles. The zero-order valence-corrected chi connectivity index (χ0v) is 30.2. The molecule has 22 heteroatoms. The monoisotopic (exact) mass is 908 g/mol. The summed E-state index contributed by atoms with van der Waals surface area (Å²) in [5, 5.41) is 28.6. The number of halogens is 15. The molecule has 0 bridgehead atoms. The van der Waals surface area contributed by atoms with E-state index in [1.165, 1.54) is 54.6 Å². The van der Waals surface area contributed by atoms with Gasteiger partial charge >= 0.3 is 18.5 Å². The van der Waals surface area contributed by atoms with Gasteiger partial charge in [0.1, 0.15) is 17.3 Å². The number of ketones is 3. The summed E-state index contributed by atoms with van der Waals surface area (Å²) in [4.78, 5) is 31.8. The molecule has 0 aliphatic heterocycles. The third-order valence-corrected chi connectivity index (χ3v) is 6.91. The van der Waals surface area contributed by atoms with E-state index in [1.807, 2.05) is 0 Å². The van der Waals surface area contributed by atoms with Gasteiger partial charge in [0.25, 0.3) is 17.3 Å². The SMILES string of the molecule is O=C(C=C(O)c1ccc(Cl)cc1Cl)C(F)(F)F.O=C(C=C(O)c1ccc(Cl)cc1Cl)C(F)(F)F.O=C(C=C(O)c1ccc(Cl)cc1Cl)C(F)(F)F.[Fe]. The first-order chi connectivity index (χ1) is 23.1. The molecule has 284 valence electrons. The molecule has 0 spiro atoms. The molecule has 0 fully saturated rings. The summed E-state index contributed by atoms with van der Waals surface area (Å²) in [6, 6.07) is 11.3. The van der Waals surface area contributed by atoms with Crippen LogP contribution < -0.4 is 0 Å². The topological polar surface area (TPSA) is 112 Å². The van der Waals surface area contributed by atoms with E-state index in [1.54, 1.807) is 0 Å². The van der Waals surface area contributed by atoms with Gasteiger partial charge in [-0.15, -0.1) is 0 Å². The molecule has 0 aliphatic carbocycles. The molecule has 3 N–H and O–H groups in total. The third kappa shape index (κ3) is 16.3. The molecule has 0 saturated heterocycles. The van der Waals surface area contributed by atoms with Crippen molar-refractivity contribution in [3.8, 4) is 0 Å². The van der Waals surface area contributed by atoms with Crippen molar-refractivity contribution in [2.24, 2.45) is 0 Å². The average Bonchev–Trinajstić information content (AvgIpc) is 2.96. The van der Waals surface area contributed by atoms with Crippen molar-refractivity contribution in [2.45, 2.75) is 18.5 Å². The number of rotatable bonds is 6. The van der Waals surface area contributed by atoms with Crippen LogP contribution in [0.15, 0.2) is 72.8 Å². The summed E-state index contributed by atoms with van der Waals surface area (Å²) in [5.41, 5.74) is -0.309. The number of carbonyl (C=O) groups excluding carboxylic acids is 3. The Morgan fingerprint density at radius 1 is 0.442 bits per heavy atom. The summed E-state index contributed by atoms with van der Waals surface area (Å²) >= 11 is 33.6. The van der Waals surface area contributed by atoms with Crippen molar-refractivity contribution in [2.75, 3.05) is 0 Å². The van der Waals surface area contributed by atoms with E-state index in [4.69, 9.17) is 69.6 Å². The van der Waals surface area contributed by atoms with E-state index in [0.717, 1.165) is 0 Å². The van der Waals surface area contributed by atoms with E-state index in [9.17, 15) is 69.2 Å². The van der Waals surface area contributed by atoms with E-state index in [2.05, 4.69) is 0 Å². The van der Waals surface area contributed by atoms with Gasteiger partial charge in [0.05, 0.1) is 15.1 Å². The minimum atomic E-state index is -5.03. The fourth-order valence-corrected chi connectivity index (χ4v) is 4.46. The molecule has 0 aliphatic rings. The molecule has 3 rings (SSSR count). The van der Waals surface area contributed by atoms with Gasteiger partial charge in [-0.05, 0) is 54.6 Å². The van der Waals surface area contributed by atoms with Gasteiger partial charge < -0.3 is 15.3 Å². The van der Waals surface area contributed by atoms with Crippen LogP contribution in [0.5, 0.6) is 0 Å². The van der Waals surface area contributed by atoms with Gasteiger partial charge in [0, 0.05) is 67.1 Å². The Kier molecular flexibility index (Phi) is 19.2. The summed E-state index contributed by atoms with van der Waals surface area (Å²) in [6.07, 6.45) is -14.9. The molecule has 3 aromatic carbocycles. The van der Waals surface area contributed by atoms with Gasteiger partial charge in [-0.1, -0.05) is 69.6 Å². The van der Waals surface area contributed by atoms with Crippen molar-refractivity contribution < 1.29 is 86.3 Å². The molecule has 0 aromatic heterocycles. The van der Waals surface area contributed by atoms with E-state index >= 15 is 0 Å². The zero-order valence-electron chi connectivity index (χ0n) is 24.5. The summed E-state index contributed by atoms with van der Waals surface area (Å²) in [6.45, 7) is 0. The maximum absolute atomic E-state index is 11.9. The minimum Gasteiger partial charge on any atom is -0.507 e. The molecule has 3 aromatic rings. The molecule has 0 atom stereocenters. The molecular weight excluding hydrogens is 896 g/mol. The fraction of sp³-hybridized carbons (Fsp3) is 0.100. The van der Waals surface area contributed by atoms with Crippen LogP contribution in [0.4, 0.5) is 39.5 Å². The largest absolute Gasteiger partial charge is 0.507 e. The Labute approximate surface area is 327 Å². The summed E-state index contributed by atoms with van der Waals surface area (Å²) in [7, 11) is 0. The Bertz CT molecular complexity index is 1660. The maximum Gasteiger partial charge on any atom is 0.454 e. The van der Waals surface area contributed by atoms with E-state index < -0.39 is 53.2 Å². The molecule has 52 heavy (non-hydrogen) atoms. The van der Waals surface area contributed by atoms with E-state index in [0.29, 0.717) is 0 Å². The smallest absolute Gasteiger partial charge is 0.454 e. The Morgan fingerprint density at radius 3 is 0.788 bits per heavy atom. The second kappa shape index (κ2) is 20.4. The van der Waals surface area contributed by atoms with Crippen LogP contribution in [-0.4, -0.2) is 51.2 Å². The molecule has 0 amide bonds. The first-order valence-electron chi connectivity index (χ1n) is 12.6. The quantitative estimate of drug-likeness (QED) is 0.0983. The van der Waals surface area contributed by atoms with Crippen LogP contribution in [0, 0.1) is 0 Å². The van der Waals surface area contributed by atoms with Crippen LogP contribution in [0.25, 0.3) is 17.3 Å². The number of alkyl halides is 9. The first-order valence-corrected chi connectivity index (χ1v) is 14.8. The molecule has 0 radical (unpaired) electrons. The van der Waals surface area contributed by atoms with Crippen LogP contribution >= 0.6 is 69.6 Å². The van der Waals surface area contributed by atoms with Crippen LogP contribution in [0.1, 0.15) is 16.7 Å². The van der Waals surface area contributed by atoms with Crippen molar-refractivity contribution in [1.29, 1.82) is 0 Å².